The summed E-state index contributed by atoms with van der Waals surface area (Å²) in [6.07, 6.45) is 13.2. The van der Waals surface area contributed by atoms with E-state index in [9.17, 15) is 9.90 Å². The Kier molecular flexibility index (Phi) is 5.98. The van der Waals surface area contributed by atoms with Crippen LogP contribution in [0.3, 0.4) is 0 Å². The fourth-order valence-corrected chi connectivity index (χ4v) is 10.6. The van der Waals surface area contributed by atoms with E-state index >= 15 is 0 Å². The molecule has 2 saturated heterocycles. The van der Waals surface area contributed by atoms with Crippen LogP contribution in [0.25, 0.3) is 0 Å². The number of rotatable bonds is 2. The smallest absolute Gasteiger partial charge is 0.142 e. The number of carbonyl (C=O) groups is 1. The molecule has 9 atom stereocenters. The highest BCUT2D eigenvalue weighted by atomic mass is 16.3. The van der Waals surface area contributed by atoms with Gasteiger partial charge in [0.1, 0.15) is 5.78 Å². The summed E-state index contributed by atoms with van der Waals surface area (Å²) in [6.45, 7) is 9.44. The predicted octanol–water partition coefficient (Wildman–Crippen LogP) is 4.41. The quantitative estimate of drug-likeness (QED) is 0.576. The lowest BCUT2D eigenvalue weighted by Gasteiger charge is -2.61. The minimum atomic E-state index is -0.0890. The first-order chi connectivity index (χ1) is 15.9. The maximum Gasteiger partial charge on any atom is 0.142 e. The molecule has 2 aliphatic heterocycles. The van der Waals surface area contributed by atoms with E-state index in [4.69, 9.17) is 0 Å². The predicted molar refractivity (Wildman–Crippen MR) is 132 cm³/mol. The third-order valence-corrected chi connectivity index (χ3v) is 12.5. The summed E-state index contributed by atoms with van der Waals surface area (Å²) in [6, 6.07) is 0. The normalized spacial score (nSPS) is 51.6. The summed E-state index contributed by atoms with van der Waals surface area (Å²) in [5.74, 6) is 5.62. The number of carbonyl (C=O) groups excluding carboxylic acids is 1. The summed E-state index contributed by atoms with van der Waals surface area (Å²) < 4.78 is 0. The molecule has 0 aromatic heterocycles. The van der Waals surface area contributed by atoms with Gasteiger partial charge in [-0.15, -0.1) is 0 Å². The molecule has 6 aliphatic rings. The largest absolute Gasteiger partial charge is 0.393 e. The third kappa shape index (κ3) is 3.59. The Bertz CT molecular complexity index is 744. The van der Waals surface area contributed by atoms with Crippen molar-refractivity contribution in [2.24, 2.45) is 58.2 Å². The van der Waals surface area contributed by atoms with Gasteiger partial charge >= 0.3 is 0 Å². The van der Waals surface area contributed by atoms with Crippen LogP contribution in [0, 0.1) is 58.2 Å². The highest BCUT2D eigenvalue weighted by molar-refractivity contribution is 5.89. The first-order valence-electron chi connectivity index (χ1n) is 14.6. The van der Waals surface area contributed by atoms with Crippen LogP contribution < -0.4 is 10.6 Å². The van der Waals surface area contributed by atoms with Crippen LogP contribution in [0.2, 0.25) is 0 Å². The molecule has 0 aromatic carbocycles. The lowest BCUT2D eigenvalue weighted by Crippen LogP contribution is -2.56. The van der Waals surface area contributed by atoms with Crippen molar-refractivity contribution in [3.8, 4) is 0 Å². The zero-order chi connectivity index (χ0) is 22.8. The lowest BCUT2D eigenvalue weighted by molar-refractivity contribution is -0.155. The molecule has 2 heterocycles. The van der Waals surface area contributed by atoms with Crippen molar-refractivity contribution in [1.29, 1.82) is 0 Å². The topological polar surface area (TPSA) is 61.4 Å². The standard InChI is InChI=1S/C29H48N2O2/c1-28-10-5-24-21(25(28)16-22(27(28)33)18-6-11-30-12-7-18)4-3-20-15-26(32)23(17-29(20,24)2)19-8-13-31-14-9-19/h18-26,30-32H,3-17H2,1-2H3/t20-,21+,22+,23+,24-,25-,26-,28-,29-/m0/s1. The Morgan fingerprint density at radius 2 is 1.45 bits per heavy atom. The Morgan fingerprint density at radius 1 is 0.788 bits per heavy atom. The molecule has 33 heavy (non-hydrogen) atoms. The third-order valence-electron chi connectivity index (χ3n) is 12.5. The van der Waals surface area contributed by atoms with Crippen LogP contribution in [0.5, 0.6) is 0 Å². The van der Waals surface area contributed by atoms with Gasteiger partial charge in [-0.3, -0.25) is 4.79 Å². The molecule has 0 aromatic rings. The summed E-state index contributed by atoms with van der Waals surface area (Å²) >= 11 is 0. The van der Waals surface area contributed by atoms with E-state index in [0.717, 1.165) is 50.9 Å². The highest BCUT2D eigenvalue weighted by Gasteiger charge is 2.63. The van der Waals surface area contributed by atoms with Crippen LogP contribution >= 0.6 is 0 Å². The van der Waals surface area contributed by atoms with Gasteiger partial charge in [0.2, 0.25) is 0 Å². The molecular weight excluding hydrogens is 408 g/mol. The van der Waals surface area contributed by atoms with Crippen molar-refractivity contribution in [2.45, 2.75) is 90.6 Å². The zero-order valence-electron chi connectivity index (χ0n) is 21.2. The van der Waals surface area contributed by atoms with Crippen molar-refractivity contribution in [1.82, 2.24) is 10.6 Å². The van der Waals surface area contributed by atoms with Gasteiger partial charge in [0.15, 0.2) is 0 Å². The van der Waals surface area contributed by atoms with E-state index in [-0.39, 0.29) is 11.5 Å². The van der Waals surface area contributed by atoms with Crippen LogP contribution in [-0.2, 0) is 4.79 Å². The van der Waals surface area contributed by atoms with E-state index < -0.39 is 0 Å². The number of aliphatic hydroxyl groups excluding tert-OH is 1. The molecular formula is C29H48N2O2. The molecule has 0 unspecified atom stereocenters. The molecule has 4 heteroatoms. The minimum Gasteiger partial charge on any atom is -0.393 e. The second-order valence-corrected chi connectivity index (χ2v) is 13.7. The molecule has 6 fully saturated rings. The molecule has 4 aliphatic carbocycles. The number of hydrogen-bond acceptors (Lipinski definition) is 4. The van der Waals surface area contributed by atoms with E-state index in [2.05, 4.69) is 24.5 Å². The number of piperidine rings is 2. The van der Waals surface area contributed by atoms with Gasteiger partial charge in [-0.2, -0.15) is 0 Å². The van der Waals surface area contributed by atoms with Gasteiger partial charge in [-0.25, -0.2) is 0 Å². The molecule has 0 spiro atoms. The summed E-state index contributed by atoms with van der Waals surface area (Å²) in [5, 5.41) is 18.2. The lowest BCUT2D eigenvalue weighted by atomic mass is 9.43. The van der Waals surface area contributed by atoms with Gasteiger partial charge in [0.05, 0.1) is 6.10 Å². The second kappa shape index (κ2) is 8.59. The highest BCUT2D eigenvalue weighted by Crippen LogP contribution is 2.67. The van der Waals surface area contributed by atoms with E-state index in [0.29, 0.717) is 46.7 Å². The monoisotopic (exact) mass is 456 g/mol. The molecule has 3 N–H and O–H groups in total. The van der Waals surface area contributed by atoms with Crippen molar-refractivity contribution in [3.05, 3.63) is 0 Å². The zero-order valence-corrected chi connectivity index (χ0v) is 21.2. The van der Waals surface area contributed by atoms with Gasteiger partial charge in [-0.1, -0.05) is 13.8 Å². The van der Waals surface area contributed by atoms with Crippen molar-refractivity contribution < 1.29 is 9.90 Å². The Balaban J connectivity index is 1.24. The maximum atomic E-state index is 13.8. The van der Waals surface area contributed by atoms with Gasteiger partial charge < -0.3 is 15.7 Å². The van der Waals surface area contributed by atoms with Crippen LogP contribution in [-0.4, -0.2) is 43.2 Å². The first-order valence-corrected chi connectivity index (χ1v) is 14.6. The average molecular weight is 457 g/mol. The fraction of sp³-hybridized carbons (Fsp3) is 0.966. The summed E-state index contributed by atoms with van der Waals surface area (Å²) in [5.41, 5.74) is 0.317. The Labute approximate surface area is 201 Å². The fourth-order valence-electron chi connectivity index (χ4n) is 10.6. The Hall–Kier alpha value is -0.450. The molecule has 0 radical (unpaired) electrons. The number of Topliss-reactive ketones (excluding diaryl/α,β-unsaturated/α-hetero) is 1. The molecule has 6 rings (SSSR count). The van der Waals surface area contributed by atoms with Crippen molar-refractivity contribution in [2.75, 3.05) is 26.2 Å². The average Bonchev–Trinajstić information content (AvgIpc) is 3.11. The molecule has 0 bridgehead atoms. The molecule has 4 saturated carbocycles. The number of fused-ring (bicyclic) bond motifs is 5. The molecule has 4 nitrogen and oxygen atoms in total. The van der Waals surface area contributed by atoms with Crippen LogP contribution in [0.15, 0.2) is 0 Å². The van der Waals surface area contributed by atoms with Gasteiger partial charge in [0, 0.05) is 11.3 Å². The van der Waals surface area contributed by atoms with E-state index in [1.54, 1.807) is 0 Å². The molecule has 186 valence electrons. The van der Waals surface area contributed by atoms with Gasteiger partial charge in [0.25, 0.3) is 0 Å². The van der Waals surface area contributed by atoms with Crippen LogP contribution in [0.4, 0.5) is 0 Å². The number of nitrogens with one attached hydrogen (secondary N) is 2. The van der Waals surface area contributed by atoms with E-state index in [1.807, 2.05) is 0 Å². The summed E-state index contributed by atoms with van der Waals surface area (Å²) in [4.78, 5) is 13.8. The number of ketones is 1. The summed E-state index contributed by atoms with van der Waals surface area (Å²) in [7, 11) is 0. The first kappa shape index (κ1) is 23.0. The molecule has 0 amide bonds. The number of aliphatic hydroxyl groups is 1. The van der Waals surface area contributed by atoms with Crippen LogP contribution in [0.1, 0.15) is 84.5 Å². The van der Waals surface area contributed by atoms with Gasteiger partial charge in [-0.05, 0) is 144 Å². The minimum absolute atomic E-state index is 0.0530. The maximum absolute atomic E-state index is 13.8. The van der Waals surface area contributed by atoms with Crippen molar-refractivity contribution in [3.63, 3.8) is 0 Å². The second-order valence-electron chi connectivity index (χ2n) is 13.7. The van der Waals surface area contributed by atoms with E-state index in [1.165, 1.54) is 57.8 Å². The SMILES string of the molecule is C[C@]12C[C@H](C3CCNCC3)[C@@H](O)C[C@@H]1CC[C@@H]1[C@@H]2CC[C@]2(C)C(=O)[C@@H](C3CCNCC3)C[C@@H]12. The van der Waals surface area contributed by atoms with Crippen molar-refractivity contribution >= 4 is 5.78 Å². The number of hydrogen-bond donors (Lipinski definition) is 3. The Morgan fingerprint density at radius 3 is 2.15 bits per heavy atom.